The molecule has 4 rings (SSSR count). The number of hydrogen-bond donors (Lipinski definition) is 0. The Morgan fingerprint density at radius 2 is 1.81 bits per heavy atom. The lowest BCUT2D eigenvalue weighted by Gasteiger charge is -2.37. The van der Waals surface area contributed by atoms with Gasteiger partial charge in [-0.25, -0.2) is 4.98 Å². The summed E-state index contributed by atoms with van der Waals surface area (Å²) < 4.78 is 5.44. The molecule has 3 heterocycles. The first-order chi connectivity index (χ1) is 13.2. The van der Waals surface area contributed by atoms with Gasteiger partial charge < -0.3 is 14.5 Å². The molecule has 0 radical (unpaired) electrons. The number of aromatic nitrogens is 1. The minimum absolute atomic E-state index is 0.109. The number of morpholine rings is 1. The largest absolute Gasteiger partial charge is 0.378 e. The minimum Gasteiger partial charge on any atom is -0.378 e. The standard InChI is InChI=1S/C22H27N3O2/c1-17-19(10-11-21(23-17)24-13-15-27-16-14-24)20-9-5-6-12-25(20)22(26)18-7-3-2-4-8-18/h2-4,7-8,10-11,20H,5-6,9,12-16H2,1H3/t20-/m1/s1. The maximum atomic E-state index is 13.1. The number of benzene rings is 1. The molecule has 1 atom stereocenters. The lowest BCUT2D eigenvalue weighted by Crippen LogP contribution is -2.39. The van der Waals surface area contributed by atoms with Gasteiger partial charge in [-0.1, -0.05) is 24.3 Å². The van der Waals surface area contributed by atoms with Crippen LogP contribution in [0.3, 0.4) is 0 Å². The quantitative estimate of drug-likeness (QED) is 0.834. The second-order valence-corrected chi connectivity index (χ2v) is 7.32. The second kappa shape index (κ2) is 8.09. The highest BCUT2D eigenvalue weighted by molar-refractivity contribution is 5.94. The predicted octanol–water partition coefficient (Wildman–Crippen LogP) is 3.59. The topological polar surface area (TPSA) is 45.7 Å². The Bertz CT molecular complexity index is 787. The molecule has 5 nitrogen and oxygen atoms in total. The maximum absolute atomic E-state index is 13.1. The van der Waals surface area contributed by atoms with E-state index in [1.54, 1.807) is 0 Å². The minimum atomic E-state index is 0.109. The Morgan fingerprint density at radius 3 is 2.56 bits per heavy atom. The van der Waals surface area contributed by atoms with Crippen LogP contribution in [0.5, 0.6) is 0 Å². The third-order valence-corrected chi connectivity index (χ3v) is 5.59. The number of rotatable bonds is 3. The van der Waals surface area contributed by atoms with Gasteiger partial charge in [-0.05, 0) is 49.9 Å². The molecule has 0 N–H and O–H groups in total. The van der Waals surface area contributed by atoms with Gasteiger partial charge >= 0.3 is 0 Å². The van der Waals surface area contributed by atoms with Crippen molar-refractivity contribution < 1.29 is 9.53 Å². The van der Waals surface area contributed by atoms with Crippen molar-refractivity contribution in [3.05, 3.63) is 59.3 Å². The third kappa shape index (κ3) is 3.83. The molecule has 2 saturated heterocycles. The molecule has 0 bridgehead atoms. The number of aryl methyl sites for hydroxylation is 1. The number of likely N-dealkylation sites (tertiary alicyclic amines) is 1. The van der Waals surface area contributed by atoms with E-state index in [1.807, 2.05) is 35.2 Å². The molecule has 27 heavy (non-hydrogen) atoms. The van der Waals surface area contributed by atoms with Crippen molar-refractivity contribution in [2.75, 3.05) is 37.7 Å². The van der Waals surface area contributed by atoms with Crippen molar-refractivity contribution in [3.8, 4) is 0 Å². The number of carbonyl (C=O) groups is 1. The fraction of sp³-hybridized carbons (Fsp3) is 0.455. The first kappa shape index (κ1) is 18.0. The molecule has 142 valence electrons. The number of pyridine rings is 1. The highest BCUT2D eigenvalue weighted by Gasteiger charge is 2.30. The van der Waals surface area contributed by atoms with Gasteiger partial charge in [-0.15, -0.1) is 0 Å². The Kier molecular flexibility index (Phi) is 5.39. The van der Waals surface area contributed by atoms with Crippen LogP contribution in [0.1, 0.15) is 46.9 Å². The Labute approximate surface area is 161 Å². The summed E-state index contributed by atoms with van der Waals surface area (Å²) in [5, 5.41) is 0. The zero-order valence-electron chi connectivity index (χ0n) is 15.9. The number of piperidine rings is 1. The second-order valence-electron chi connectivity index (χ2n) is 7.32. The SMILES string of the molecule is Cc1nc(N2CCOCC2)ccc1[C@H]1CCCCN1C(=O)c1ccccc1. The lowest BCUT2D eigenvalue weighted by molar-refractivity contribution is 0.0610. The van der Waals surface area contributed by atoms with Crippen LogP contribution < -0.4 is 4.90 Å². The summed E-state index contributed by atoms with van der Waals surface area (Å²) in [5.74, 6) is 1.13. The summed E-state index contributed by atoms with van der Waals surface area (Å²) in [7, 11) is 0. The number of amides is 1. The number of hydrogen-bond acceptors (Lipinski definition) is 4. The molecular formula is C22H27N3O2. The summed E-state index contributed by atoms with van der Waals surface area (Å²) in [5.41, 5.74) is 2.97. The van der Waals surface area contributed by atoms with E-state index in [-0.39, 0.29) is 11.9 Å². The molecule has 5 heteroatoms. The number of ether oxygens (including phenoxy) is 1. The van der Waals surface area contributed by atoms with Crippen molar-refractivity contribution in [1.82, 2.24) is 9.88 Å². The summed E-state index contributed by atoms with van der Waals surface area (Å²) in [6.45, 7) is 6.15. The van der Waals surface area contributed by atoms with Crippen LogP contribution in [0.15, 0.2) is 42.5 Å². The molecule has 0 aliphatic carbocycles. The first-order valence-corrected chi connectivity index (χ1v) is 9.90. The van der Waals surface area contributed by atoms with Gasteiger partial charge in [-0.2, -0.15) is 0 Å². The first-order valence-electron chi connectivity index (χ1n) is 9.90. The van der Waals surface area contributed by atoms with Crippen LogP contribution in [-0.4, -0.2) is 48.6 Å². The van der Waals surface area contributed by atoms with E-state index < -0.39 is 0 Å². The van der Waals surface area contributed by atoms with E-state index >= 15 is 0 Å². The van der Waals surface area contributed by atoms with Crippen molar-refractivity contribution in [2.24, 2.45) is 0 Å². The van der Waals surface area contributed by atoms with E-state index in [4.69, 9.17) is 9.72 Å². The highest BCUT2D eigenvalue weighted by atomic mass is 16.5. The van der Waals surface area contributed by atoms with Gasteiger partial charge in [0.2, 0.25) is 0 Å². The summed E-state index contributed by atoms with van der Waals surface area (Å²) in [6.07, 6.45) is 3.21. The Balaban J connectivity index is 1.59. The van der Waals surface area contributed by atoms with Gasteiger partial charge in [0.1, 0.15) is 5.82 Å². The summed E-state index contributed by atoms with van der Waals surface area (Å²) in [4.78, 5) is 22.3. The molecule has 1 aromatic carbocycles. The van der Waals surface area contributed by atoms with Crippen molar-refractivity contribution in [2.45, 2.75) is 32.2 Å². The summed E-state index contributed by atoms with van der Waals surface area (Å²) in [6, 6.07) is 14.0. The van der Waals surface area contributed by atoms with E-state index in [2.05, 4.69) is 24.0 Å². The lowest BCUT2D eigenvalue weighted by atomic mass is 9.93. The molecule has 0 spiro atoms. The molecule has 2 aromatic rings. The Morgan fingerprint density at radius 1 is 1.04 bits per heavy atom. The zero-order chi connectivity index (χ0) is 18.6. The average molecular weight is 365 g/mol. The van der Waals surface area contributed by atoms with Crippen molar-refractivity contribution >= 4 is 11.7 Å². The average Bonchev–Trinajstić information content (AvgIpc) is 2.74. The van der Waals surface area contributed by atoms with Crippen molar-refractivity contribution in [3.63, 3.8) is 0 Å². The fourth-order valence-corrected chi connectivity index (χ4v) is 4.12. The molecule has 2 aliphatic heterocycles. The molecule has 2 fully saturated rings. The van der Waals surface area contributed by atoms with E-state index in [0.29, 0.717) is 0 Å². The van der Waals surface area contributed by atoms with Crippen LogP contribution in [-0.2, 0) is 4.74 Å². The Hall–Kier alpha value is -2.40. The van der Waals surface area contributed by atoms with Crippen LogP contribution in [0.4, 0.5) is 5.82 Å². The maximum Gasteiger partial charge on any atom is 0.254 e. The van der Waals surface area contributed by atoms with Crippen LogP contribution >= 0.6 is 0 Å². The molecule has 0 saturated carbocycles. The monoisotopic (exact) mass is 365 g/mol. The van der Waals surface area contributed by atoms with Gasteiger partial charge in [-0.3, -0.25) is 4.79 Å². The van der Waals surface area contributed by atoms with E-state index in [0.717, 1.165) is 69.2 Å². The predicted molar refractivity (Wildman–Crippen MR) is 106 cm³/mol. The molecular weight excluding hydrogens is 338 g/mol. The molecule has 0 unspecified atom stereocenters. The van der Waals surface area contributed by atoms with Crippen molar-refractivity contribution in [1.29, 1.82) is 0 Å². The van der Waals surface area contributed by atoms with Crippen LogP contribution in [0.2, 0.25) is 0 Å². The summed E-state index contributed by atoms with van der Waals surface area (Å²) >= 11 is 0. The fourth-order valence-electron chi connectivity index (χ4n) is 4.12. The van der Waals surface area contributed by atoms with Gasteiger partial charge in [0.15, 0.2) is 0 Å². The normalized spacial score (nSPS) is 20.6. The van der Waals surface area contributed by atoms with E-state index in [9.17, 15) is 4.79 Å². The van der Waals surface area contributed by atoms with Crippen LogP contribution in [0.25, 0.3) is 0 Å². The zero-order valence-corrected chi connectivity index (χ0v) is 15.9. The number of anilines is 1. The van der Waals surface area contributed by atoms with Gasteiger partial charge in [0.25, 0.3) is 5.91 Å². The number of nitrogens with zero attached hydrogens (tertiary/aromatic N) is 3. The van der Waals surface area contributed by atoms with Gasteiger partial charge in [0, 0.05) is 30.9 Å². The van der Waals surface area contributed by atoms with Gasteiger partial charge in [0.05, 0.1) is 19.3 Å². The highest BCUT2D eigenvalue weighted by Crippen LogP contribution is 2.34. The smallest absolute Gasteiger partial charge is 0.254 e. The number of carbonyl (C=O) groups excluding carboxylic acids is 1. The molecule has 1 amide bonds. The third-order valence-electron chi connectivity index (χ3n) is 5.59. The van der Waals surface area contributed by atoms with Crippen LogP contribution in [0, 0.1) is 6.92 Å². The molecule has 2 aliphatic rings. The molecule has 1 aromatic heterocycles. The van der Waals surface area contributed by atoms with E-state index in [1.165, 1.54) is 5.56 Å².